The van der Waals surface area contributed by atoms with E-state index in [1.54, 1.807) is 6.20 Å². The standard InChI is InChI=1S/C23H24N6O.2C6H8O7/c24-13-17-4-6-21(26-14-17)29-10-8-28(9-11-29)15-16-3-5-18-20(12-16)27-23(30)19-2-1-7-25-22(18)19;2*7-3(8)1-6(13,5(11)12)2-4(9)10/h3-6,12,14,25H,1-2,7-11,15H2,(H,27,30);2*13H,1-2H2,(H,7,8)(H,9,10)(H,11,12). The number of benzene rings is 1. The van der Waals surface area contributed by atoms with Crippen molar-refractivity contribution in [2.24, 2.45) is 0 Å². The average Bonchev–Trinajstić information content (AvgIpc) is 3.11. The van der Waals surface area contributed by atoms with E-state index < -0.39 is 72.7 Å². The molecule has 0 radical (unpaired) electrons. The molecule has 21 nitrogen and oxygen atoms in total. The van der Waals surface area contributed by atoms with Crippen LogP contribution in [-0.2, 0) is 41.7 Å². The van der Waals surface area contributed by atoms with Crippen LogP contribution in [0, 0.1) is 11.3 Å². The Hall–Kier alpha value is -6.63. The fourth-order valence-electron chi connectivity index (χ4n) is 5.86. The van der Waals surface area contributed by atoms with Crippen molar-refractivity contribution in [1.82, 2.24) is 14.9 Å². The summed E-state index contributed by atoms with van der Waals surface area (Å²) in [6.07, 6.45) is -1.10. The predicted molar refractivity (Wildman–Crippen MR) is 192 cm³/mol. The number of H-pyrrole nitrogens is 1. The number of aromatic nitrogens is 2. The number of anilines is 2. The third kappa shape index (κ3) is 12.2. The van der Waals surface area contributed by atoms with E-state index in [1.807, 2.05) is 12.1 Å². The highest BCUT2D eigenvalue weighted by molar-refractivity contribution is 5.93. The number of fused-ring (bicyclic) bond motifs is 3. The van der Waals surface area contributed by atoms with Crippen LogP contribution >= 0.6 is 0 Å². The number of hydrogen-bond acceptors (Lipinski definition) is 14. The summed E-state index contributed by atoms with van der Waals surface area (Å²) >= 11 is 0. The van der Waals surface area contributed by atoms with E-state index >= 15 is 0 Å². The van der Waals surface area contributed by atoms with Crippen LogP contribution in [0.3, 0.4) is 0 Å². The van der Waals surface area contributed by atoms with Crippen LogP contribution in [0.25, 0.3) is 10.9 Å². The van der Waals surface area contributed by atoms with Gasteiger partial charge in [-0.1, -0.05) is 12.1 Å². The highest BCUT2D eigenvalue weighted by atomic mass is 16.4. The molecule has 0 atom stereocenters. The Kier molecular flexibility index (Phi) is 14.9. The molecular formula is C35H40N6O15. The summed E-state index contributed by atoms with van der Waals surface area (Å²) in [5, 5.41) is 81.1. The van der Waals surface area contributed by atoms with Crippen LogP contribution in [0.5, 0.6) is 0 Å². The Bertz CT molecular complexity index is 1970. The van der Waals surface area contributed by atoms with E-state index in [0.717, 1.165) is 80.1 Å². The minimum absolute atomic E-state index is 0.0328. The van der Waals surface area contributed by atoms with Gasteiger partial charge in [0.05, 0.1) is 42.5 Å². The second kappa shape index (κ2) is 19.1. The lowest BCUT2D eigenvalue weighted by atomic mass is 9.96. The van der Waals surface area contributed by atoms with E-state index in [0.29, 0.717) is 5.56 Å². The Labute approximate surface area is 316 Å². The van der Waals surface area contributed by atoms with Gasteiger partial charge in [0, 0.05) is 56.4 Å². The highest BCUT2D eigenvalue weighted by Gasteiger charge is 2.41. The Morgan fingerprint density at radius 1 is 0.786 bits per heavy atom. The maximum Gasteiger partial charge on any atom is 0.336 e. The number of aliphatic hydroxyl groups is 2. The van der Waals surface area contributed by atoms with Gasteiger partial charge in [0.25, 0.3) is 5.56 Å². The quantitative estimate of drug-likeness (QED) is 0.109. The largest absolute Gasteiger partial charge is 0.481 e. The summed E-state index contributed by atoms with van der Waals surface area (Å²) in [4.78, 5) is 85.6. The number of carbonyl (C=O) groups is 6. The molecule has 0 unspecified atom stereocenters. The average molecular weight is 785 g/mol. The summed E-state index contributed by atoms with van der Waals surface area (Å²) in [6.45, 7) is 5.48. The van der Waals surface area contributed by atoms with Gasteiger partial charge in [-0.2, -0.15) is 5.26 Å². The fraction of sp³-hybridized carbons (Fsp3) is 0.400. The molecule has 1 saturated heterocycles. The monoisotopic (exact) mass is 784 g/mol. The van der Waals surface area contributed by atoms with E-state index in [2.05, 4.69) is 49.4 Å². The minimum Gasteiger partial charge on any atom is -0.481 e. The summed E-state index contributed by atoms with van der Waals surface area (Å²) in [6, 6.07) is 12.3. The number of nitriles is 1. The van der Waals surface area contributed by atoms with Crippen molar-refractivity contribution in [2.75, 3.05) is 42.9 Å². The van der Waals surface area contributed by atoms with Gasteiger partial charge >= 0.3 is 35.8 Å². The maximum atomic E-state index is 12.5. The molecule has 21 heteroatoms. The zero-order valence-electron chi connectivity index (χ0n) is 29.7. The number of hydrogen-bond donors (Lipinski definition) is 10. The fourth-order valence-corrected chi connectivity index (χ4v) is 5.86. The van der Waals surface area contributed by atoms with Crippen LogP contribution in [0.1, 0.15) is 48.8 Å². The molecule has 2 aliphatic rings. The summed E-state index contributed by atoms with van der Waals surface area (Å²) in [5.74, 6) is -9.11. The number of aliphatic carboxylic acids is 6. The van der Waals surface area contributed by atoms with Gasteiger partial charge in [-0.25, -0.2) is 14.6 Å². The molecule has 0 bridgehead atoms. The predicted octanol–water partition coefficient (Wildman–Crippen LogP) is -0.0219. The SMILES string of the molecule is N#Cc1ccc(N2CCN(Cc3ccc4c5c(c(=O)[nH]c4c3)CCCN5)CC2)nc1.O=C(O)CC(O)(CC(=O)O)C(=O)O.O=C(O)CC(O)(CC(=O)O)C(=O)O. The Morgan fingerprint density at radius 3 is 1.77 bits per heavy atom. The summed E-state index contributed by atoms with van der Waals surface area (Å²) in [7, 11) is 0. The van der Waals surface area contributed by atoms with E-state index in [9.17, 15) is 33.6 Å². The first kappa shape index (κ1) is 43.8. The lowest BCUT2D eigenvalue weighted by Crippen LogP contribution is -2.46. The van der Waals surface area contributed by atoms with Gasteiger partial charge in [-0.05, 0) is 36.6 Å². The molecular weight excluding hydrogens is 744 g/mol. The zero-order valence-corrected chi connectivity index (χ0v) is 29.7. The maximum absolute atomic E-state index is 12.5. The highest BCUT2D eigenvalue weighted by Crippen LogP contribution is 2.28. The van der Waals surface area contributed by atoms with Crippen LogP contribution in [0.2, 0.25) is 0 Å². The van der Waals surface area contributed by atoms with E-state index in [-0.39, 0.29) is 5.56 Å². The molecule has 10 N–H and O–H groups in total. The van der Waals surface area contributed by atoms with Gasteiger partial charge in [0.2, 0.25) is 0 Å². The van der Waals surface area contributed by atoms with Gasteiger partial charge in [0.15, 0.2) is 11.2 Å². The first-order chi connectivity index (χ1) is 26.3. The number of carboxylic acid groups (broad SMARTS) is 6. The van der Waals surface area contributed by atoms with Crippen molar-refractivity contribution in [3.8, 4) is 6.07 Å². The van der Waals surface area contributed by atoms with E-state index in [1.165, 1.54) is 5.56 Å². The number of rotatable bonds is 13. The van der Waals surface area contributed by atoms with Crippen LogP contribution < -0.4 is 15.8 Å². The van der Waals surface area contributed by atoms with Crippen LogP contribution in [-0.4, -0.2) is 135 Å². The third-order valence-corrected chi connectivity index (χ3v) is 8.63. The molecule has 56 heavy (non-hydrogen) atoms. The van der Waals surface area contributed by atoms with Crippen molar-refractivity contribution in [3.63, 3.8) is 0 Å². The van der Waals surface area contributed by atoms with Crippen molar-refractivity contribution >= 4 is 58.2 Å². The van der Waals surface area contributed by atoms with Gasteiger partial charge in [-0.15, -0.1) is 0 Å². The molecule has 2 aromatic heterocycles. The molecule has 4 heterocycles. The molecule has 2 aliphatic heterocycles. The van der Waals surface area contributed by atoms with Crippen molar-refractivity contribution in [1.29, 1.82) is 5.26 Å². The van der Waals surface area contributed by atoms with E-state index in [4.69, 9.17) is 46.1 Å². The summed E-state index contributed by atoms with van der Waals surface area (Å²) < 4.78 is 0. The van der Waals surface area contributed by atoms with Crippen molar-refractivity contribution in [3.05, 3.63) is 63.6 Å². The summed E-state index contributed by atoms with van der Waals surface area (Å²) in [5.41, 5.74) is -0.849. The first-order valence-corrected chi connectivity index (χ1v) is 16.8. The second-order valence-corrected chi connectivity index (χ2v) is 13.0. The molecule has 0 aliphatic carbocycles. The molecule has 1 fully saturated rings. The molecule has 5 rings (SSSR count). The number of nitrogens with one attached hydrogen (secondary N) is 2. The van der Waals surface area contributed by atoms with Crippen LogP contribution in [0.4, 0.5) is 11.5 Å². The van der Waals surface area contributed by atoms with Crippen LogP contribution in [0.15, 0.2) is 41.3 Å². The van der Waals surface area contributed by atoms with Crippen molar-refractivity contribution < 1.29 is 69.6 Å². The lowest BCUT2D eigenvalue weighted by Gasteiger charge is -2.35. The minimum atomic E-state index is -2.74. The Morgan fingerprint density at radius 2 is 1.32 bits per heavy atom. The van der Waals surface area contributed by atoms with Gasteiger partial charge in [-0.3, -0.25) is 28.9 Å². The second-order valence-electron chi connectivity index (χ2n) is 13.0. The topological polar surface area (TPSA) is 352 Å². The number of pyridine rings is 2. The number of nitrogens with zero attached hydrogens (tertiary/aromatic N) is 4. The number of aromatic amines is 1. The number of carboxylic acids is 6. The molecule has 0 amide bonds. The lowest BCUT2D eigenvalue weighted by molar-refractivity contribution is -0.170. The molecule has 0 saturated carbocycles. The molecule has 0 spiro atoms. The molecule has 3 aromatic rings. The zero-order chi connectivity index (χ0) is 41.8. The molecule has 1 aromatic carbocycles. The van der Waals surface area contributed by atoms with Gasteiger partial charge in [0.1, 0.15) is 11.9 Å². The third-order valence-electron chi connectivity index (χ3n) is 8.63. The Balaban J connectivity index is 0.000000271. The van der Waals surface area contributed by atoms with Crippen molar-refractivity contribution in [2.45, 2.75) is 56.3 Å². The molecule has 300 valence electrons. The van der Waals surface area contributed by atoms with Gasteiger partial charge < -0.3 is 56.1 Å². The smallest absolute Gasteiger partial charge is 0.336 e. The first-order valence-electron chi connectivity index (χ1n) is 16.8. The number of piperazine rings is 1. The normalized spacial score (nSPS) is 14.0.